The summed E-state index contributed by atoms with van der Waals surface area (Å²) in [6, 6.07) is 7.69. The van der Waals surface area contributed by atoms with E-state index in [1.807, 2.05) is 6.07 Å². The van der Waals surface area contributed by atoms with Gasteiger partial charge in [0, 0.05) is 0 Å². The fourth-order valence-electron chi connectivity index (χ4n) is 2.75. The molecule has 0 bridgehead atoms. The minimum absolute atomic E-state index is 0.138. The maximum Gasteiger partial charge on any atom is 0.375 e. The predicted molar refractivity (Wildman–Crippen MR) is 92.8 cm³/mol. The second-order valence-corrected chi connectivity index (χ2v) is 7.15. The van der Waals surface area contributed by atoms with E-state index in [1.165, 1.54) is 6.08 Å². The highest BCUT2D eigenvalue weighted by Crippen LogP contribution is 2.46. The third-order valence-corrected chi connectivity index (χ3v) is 4.32. The normalized spacial score (nSPS) is 25.1. The predicted octanol–water partition coefficient (Wildman–Crippen LogP) is 4.60. The first-order valence-electron chi connectivity index (χ1n) is 7.50. The molecule has 0 aromatic heterocycles. The van der Waals surface area contributed by atoms with Gasteiger partial charge in [-0.15, -0.1) is 0 Å². The summed E-state index contributed by atoms with van der Waals surface area (Å²) in [7, 11) is 0. The molecule has 0 aliphatic heterocycles. The minimum atomic E-state index is -2.44. The summed E-state index contributed by atoms with van der Waals surface area (Å²) in [5, 5.41) is 30.9. The monoisotopic (exact) mass is 349 g/mol. The average Bonchev–Trinajstić information content (AvgIpc) is 2.49. The van der Waals surface area contributed by atoms with E-state index >= 15 is 0 Å². The van der Waals surface area contributed by atoms with E-state index in [0.717, 1.165) is 0 Å². The van der Waals surface area contributed by atoms with Gasteiger partial charge in [0.05, 0.1) is 21.2 Å². The number of nitrogens with zero attached hydrogens (tertiary/aromatic N) is 3. The summed E-state index contributed by atoms with van der Waals surface area (Å²) in [5.41, 5.74) is -1.83. The van der Waals surface area contributed by atoms with Crippen molar-refractivity contribution in [1.29, 1.82) is 0 Å². The third kappa shape index (κ3) is 3.25. The Morgan fingerprint density at radius 2 is 1.88 bits per heavy atom. The number of nitro groups is 1. The maximum atomic E-state index is 11.7. The molecule has 7 heteroatoms. The van der Waals surface area contributed by atoms with Crippen molar-refractivity contribution in [2.24, 2.45) is 15.6 Å². The fourth-order valence-corrected chi connectivity index (χ4v) is 3.24. The van der Waals surface area contributed by atoms with Crippen LogP contribution in [-0.2, 0) is 0 Å². The fraction of sp³-hybridized carbons (Fsp3) is 0.412. The van der Waals surface area contributed by atoms with Crippen LogP contribution in [0.1, 0.15) is 27.7 Å². The van der Waals surface area contributed by atoms with Crippen LogP contribution in [0.4, 0.5) is 5.69 Å². The first kappa shape index (κ1) is 18.3. The molecular weight excluding hydrogens is 330 g/mol. The molecule has 0 radical (unpaired) electrons. The molecule has 6 nitrogen and oxygen atoms in total. The molecule has 1 aromatic rings. The molecule has 2 unspecified atom stereocenters. The third-order valence-electron chi connectivity index (χ3n) is 3.84. The van der Waals surface area contributed by atoms with Crippen LogP contribution in [0.25, 0.3) is 0 Å². The number of halogens is 1. The smallest absolute Gasteiger partial charge is 0.325 e. The van der Waals surface area contributed by atoms with Gasteiger partial charge in [0.1, 0.15) is 0 Å². The van der Waals surface area contributed by atoms with E-state index in [1.54, 1.807) is 52.0 Å². The standard InChI is InChI=1S/C17H20ClN3O3/c1-11-10-13(20-19-12-8-6-5-7-9-12)17(22,21(23)24)15(14(11)18)16(2,3)4/h5-10,13,22H,1-4H3/b20-19+. The Bertz CT molecular complexity index is 735. The van der Waals surface area contributed by atoms with Gasteiger partial charge in [0.15, 0.2) is 6.04 Å². The van der Waals surface area contributed by atoms with Gasteiger partial charge in [-0.2, -0.15) is 10.2 Å². The Balaban J connectivity index is 2.56. The first-order valence-corrected chi connectivity index (χ1v) is 7.88. The molecule has 24 heavy (non-hydrogen) atoms. The number of rotatable bonds is 3. The molecule has 2 atom stereocenters. The van der Waals surface area contributed by atoms with Crippen molar-refractivity contribution < 1.29 is 10.0 Å². The van der Waals surface area contributed by atoms with E-state index in [-0.39, 0.29) is 10.6 Å². The zero-order valence-corrected chi connectivity index (χ0v) is 14.8. The van der Waals surface area contributed by atoms with Crippen LogP contribution in [0.2, 0.25) is 0 Å². The number of azo groups is 1. The summed E-state index contributed by atoms with van der Waals surface area (Å²) in [5.74, 6) is 0. The number of hydrogen-bond acceptors (Lipinski definition) is 5. The molecule has 128 valence electrons. The van der Waals surface area contributed by atoms with Crippen LogP contribution in [0.5, 0.6) is 0 Å². The zero-order valence-electron chi connectivity index (χ0n) is 14.0. The molecule has 1 aromatic carbocycles. The largest absolute Gasteiger partial charge is 0.375 e. The topological polar surface area (TPSA) is 88.1 Å². The highest BCUT2D eigenvalue weighted by molar-refractivity contribution is 6.32. The average molecular weight is 350 g/mol. The molecule has 1 aliphatic carbocycles. The van der Waals surface area contributed by atoms with Gasteiger partial charge in [-0.05, 0) is 36.1 Å². The lowest BCUT2D eigenvalue weighted by Crippen LogP contribution is -2.54. The van der Waals surface area contributed by atoms with Crippen molar-refractivity contribution >= 4 is 17.3 Å². The molecule has 0 saturated heterocycles. The van der Waals surface area contributed by atoms with Gasteiger partial charge < -0.3 is 5.11 Å². The molecule has 2 rings (SSSR count). The molecule has 1 N–H and O–H groups in total. The lowest BCUT2D eigenvalue weighted by Gasteiger charge is -2.36. The van der Waals surface area contributed by atoms with E-state index < -0.39 is 22.1 Å². The van der Waals surface area contributed by atoms with Gasteiger partial charge in [-0.3, -0.25) is 10.1 Å². The molecule has 0 saturated carbocycles. The summed E-state index contributed by atoms with van der Waals surface area (Å²) in [6.07, 6.45) is 1.48. The Labute approximate surface area is 145 Å². The highest BCUT2D eigenvalue weighted by Gasteiger charge is 2.58. The van der Waals surface area contributed by atoms with Crippen LogP contribution < -0.4 is 0 Å². The van der Waals surface area contributed by atoms with Gasteiger partial charge >= 0.3 is 5.72 Å². The quantitative estimate of drug-likeness (QED) is 0.374. The summed E-state index contributed by atoms with van der Waals surface area (Å²) in [6.45, 7) is 7.04. The second-order valence-electron chi connectivity index (χ2n) is 6.77. The zero-order chi connectivity index (χ0) is 18.1. The number of hydrogen-bond donors (Lipinski definition) is 1. The van der Waals surface area contributed by atoms with Crippen molar-refractivity contribution in [2.45, 2.75) is 39.5 Å². The van der Waals surface area contributed by atoms with Crippen LogP contribution >= 0.6 is 11.6 Å². The first-order chi connectivity index (χ1) is 11.1. The number of benzene rings is 1. The second kappa shape index (κ2) is 6.45. The SMILES string of the molecule is CC1=CC(/N=N/c2ccccc2)C(O)([N+](=O)[O-])C(C(C)(C)C)=C1Cl. The minimum Gasteiger partial charge on any atom is -0.325 e. The van der Waals surface area contributed by atoms with Crippen molar-refractivity contribution in [3.05, 3.63) is 62.7 Å². The van der Waals surface area contributed by atoms with Crippen molar-refractivity contribution in [2.75, 3.05) is 0 Å². The number of allylic oxidation sites excluding steroid dienone is 2. The Morgan fingerprint density at radius 3 is 2.38 bits per heavy atom. The van der Waals surface area contributed by atoms with Crippen LogP contribution in [0.15, 0.2) is 62.8 Å². The van der Waals surface area contributed by atoms with Gasteiger partial charge in [0.2, 0.25) is 0 Å². The molecule has 0 spiro atoms. The Kier molecular flexibility index (Phi) is 4.92. The van der Waals surface area contributed by atoms with E-state index in [2.05, 4.69) is 10.2 Å². The van der Waals surface area contributed by atoms with E-state index in [9.17, 15) is 15.2 Å². The molecule has 0 fully saturated rings. The molecule has 0 amide bonds. The van der Waals surface area contributed by atoms with E-state index in [0.29, 0.717) is 11.3 Å². The lowest BCUT2D eigenvalue weighted by atomic mass is 9.74. The van der Waals surface area contributed by atoms with Crippen molar-refractivity contribution in [1.82, 2.24) is 0 Å². The maximum absolute atomic E-state index is 11.7. The molecular formula is C17H20ClN3O3. The lowest BCUT2D eigenvalue weighted by molar-refractivity contribution is -0.615. The van der Waals surface area contributed by atoms with Gasteiger partial charge in [-0.25, -0.2) is 0 Å². The highest BCUT2D eigenvalue weighted by atomic mass is 35.5. The Hall–Kier alpha value is -2.05. The van der Waals surface area contributed by atoms with Gasteiger partial charge in [0.25, 0.3) is 0 Å². The molecule has 1 aliphatic rings. The van der Waals surface area contributed by atoms with Crippen molar-refractivity contribution in [3.8, 4) is 0 Å². The number of aliphatic hydroxyl groups is 1. The molecule has 0 heterocycles. The van der Waals surface area contributed by atoms with Crippen molar-refractivity contribution in [3.63, 3.8) is 0 Å². The summed E-state index contributed by atoms with van der Waals surface area (Å²) >= 11 is 6.30. The Morgan fingerprint density at radius 1 is 1.29 bits per heavy atom. The van der Waals surface area contributed by atoms with Crippen LogP contribution in [0.3, 0.4) is 0 Å². The van der Waals surface area contributed by atoms with Gasteiger partial charge in [-0.1, -0.05) is 50.6 Å². The summed E-state index contributed by atoms with van der Waals surface area (Å²) in [4.78, 5) is 11.0. The van der Waals surface area contributed by atoms with Crippen LogP contribution in [-0.4, -0.2) is 21.8 Å². The summed E-state index contributed by atoms with van der Waals surface area (Å²) < 4.78 is 0. The van der Waals surface area contributed by atoms with E-state index in [4.69, 9.17) is 11.6 Å². The van der Waals surface area contributed by atoms with Crippen LogP contribution in [0, 0.1) is 15.5 Å².